The number of benzene rings is 1. The molecular formula is C12H19NO. The van der Waals surface area contributed by atoms with E-state index in [-0.39, 0.29) is 6.10 Å². The fourth-order valence-corrected chi connectivity index (χ4v) is 1.49. The van der Waals surface area contributed by atoms with Crippen molar-refractivity contribution in [1.29, 1.82) is 0 Å². The molecule has 1 aromatic rings. The normalized spacial score (nSPS) is 12.8. The smallest absolute Gasteiger partial charge is 0.0636 e. The molecular weight excluding hydrogens is 174 g/mol. The van der Waals surface area contributed by atoms with Crippen LogP contribution in [0.15, 0.2) is 24.3 Å². The van der Waals surface area contributed by atoms with Crippen LogP contribution in [0.4, 0.5) is 0 Å². The van der Waals surface area contributed by atoms with Gasteiger partial charge in [-0.2, -0.15) is 0 Å². The third-order valence-electron chi connectivity index (χ3n) is 2.25. The zero-order valence-electron chi connectivity index (χ0n) is 8.96. The monoisotopic (exact) mass is 193 g/mol. The van der Waals surface area contributed by atoms with Gasteiger partial charge < -0.3 is 10.4 Å². The number of hydrogen-bond donors (Lipinski definition) is 2. The largest absolute Gasteiger partial charge is 0.392 e. The fraction of sp³-hybridized carbons (Fsp3) is 0.500. The highest BCUT2D eigenvalue weighted by Gasteiger charge is 1.99. The molecule has 14 heavy (non-hydrogen) atoms. The zero-order chi connectivity index (χ0) is 10.4. The second-order valence-corrected chi connectivity index (χ2v) is 3.60. The molecule has 0 saturated heterocycles. The van der Waals surface area contributed by atoms with Crippen LogP contribution in [0, 0.1) is 0 Å². The third-order valence-corrected chi connectivity index (χ3v) is 2.25. The Labute approximate surface area is 86.0 Å². The highest BCUT2D eigenvalue weighted by atomic mass is 16.3. The third kappa shape index (κ3) is 3.48. The van der Waals surface area contributed by atoms with Gasteiger partial charge in [-0.25, -0.2) is 0 Å². The molecule has 1 rings (SSSR count). The van der Waals surface area contributed by atoms with Gasteiger partial charge in [0.25, 0.3) is 0 Å². The molecule has 0 unspecified atom stereocenters. The van der Waals surface area contributed by atoms with Gasteiger partial charge in [-0.15, -0.1) is 0 Å². The quantitative estimate of drug-likeness (QED) is 0.746. The maximum atomic E-state index is 9.09. The maximum absolute atomic E-state index is 9.09. The van der Waals surface area contributed by atoms with Gasteiger partial charge in [0.15, 0.2) is 0 Å². The molecule has 0 aliphatic carbocycles. The molecule has 2 N–H and O–H groups in total. The number of hydrogen-bond acceptors (Lipinski definition) is 2. The topological polar surface area (TPSA) is 32.3 Å². The van der Waals surface area contributed by atoms with Crippen LogP contribution in [0.2, 0.25) is 0 Å². The SMILES string of the molecule is CCc1ccccc1CNC[C@H](C)O. The van der Waals surface area contributed by atoms with E-state index in [4.69, 9.17) is 5.11 Å². The summed E-state index contributed by atoms with van der Waals surface area (Å²) in [5.41, 5.74) is 2.71. The number of aliphatic hydroxyl groups is 1. The van der Waals surface area contributed by atoms with E-state index in [9.17, 15) is 0 Å². The first-order chi connectivity index (χ1) is 6.74. The predicted octanol–water partition coefficient (Wildman–Crippen LogP) is 1.72. The maximum Gasteiger partial charge on any atom is 0.0636 e. The molecule has 0 aliphatic rings. The molecule has 0 aromatic heterocycles. The lowest BCUT2D eigenvalue weighted by atomic mass is 10.1. The van der Waals surface area contributed by atoms with Crippen molar-refractivity contribution >= 4 is 0 Å². The van der Waals surface area contributed by atoms with E-state index >= 15 is 0 Å². The first-order valence-corrected chi connectivity index (χ1v) is 5.19. The molecule has 0 heterocycles. The summed E-state index contributed by atoms with van der Waals surface area (Å²) in [5, 5.41) is 12.3. The van der Waals surface area contributed by atoms with Crippen molar-refractivity contribution in [3.05, 3.63) is 35.4 Å². The van der Waals surface area contributed by atoms with Gasteiger partial charge in [0, 0.05) is 13.1 Å². The summed E-state index contributed by atoms with van der Waals surface area (Å²) in [7, 11) is 0. The Morgan fingerprint density at radius 1 is 1.29 bits per heavy atom. The number of rotatable bonds is 5. The number of aryl methyl sites for hydroxylation is 1. The van der Waals surface area contributed by atoms with E-state index in [1.807, 2.05) is 0 Å². The average molecular weight is 193 g/mol. The summed E-state index contributed by atoms with van der Waals surface area (Å²) in [5.74, 6) is 0. The molecule has 1 aromatic carbocycles. The van der Waals surface area contributed by atoms with E-state index in [1.165, 1.54) is 11.1 Å². The molecule has 78 valence electrons. The second kappa shape index (κ2) is 5.78. The lowest BCUT2D eigenvalue weighted by Crippen LogP contribution is -2.24. The standard InChI is InChI=1S/C12H19NO/c1-3-11-6-4-5-7-12(11)9-13-8-10(2)14/h4-7,10,13-14H,3,8-9H2,1-2H3/t10-/m0/s1. The van der Waals surface area contributed by atoms with Crippen LogP contribution in [0.5, 0.6) is 0 Å². The van der Waals surface area contributed by atoms with Crippen LogP contribution in [-0.2, 0) is 13.0 Å². The van der Waals surface area contributed by atoms with Gasteiger partial charge >= 0.3 is 0 Å². The number of nitrogens with one attached hydrogen (secondary N) is 1. The summed E-state index contributed by atoms with van der Waals surface area (Å²) in [6.45, 7) is 5.44. The van der Waals surface area contributed by atoms with Gasteiger partial charge in [0.05, 0.1) is 6.10 Å². The molecule has 0 amide bonds. The van der Waals surface area contributed by atoms with Gasteiger partial charge in [0.1, 0.15) is 0 Å². The minimum absolute atomic E-state index is 0.274. The molecule has 0 saturated carbocycles. The van der Waals surface area contributed by atoms with E-state index < -0.39 is 0 Å². The highest BCUT2D eigenvalue weighted by molar-refractivity contribution is 5.26. The van der Waals surface area contributed by atoms with E-state index in [0.29, 0.717) is 6.54 Å². The van der Waals surface area contributed by atoms with Crippen molar-refractivity contribution in [3.63, 3.8) is 0 Å². The first-order valence-electron chi connectivity index (χ1n) is 5.19. The van der Waals surface area contributed by atoms with Crippen LogP contribution in [0.1, 0.15) is 25.0 Å². The van der Waals surface area contributed by atoms with Crippen molar-refractivity contribution in [2.45, 2.75) is 32.9 Å². The van der Waals surface area contributed by atoms with E-state index in [2.05, 4.69) is 36.5 Å². The van der Waals surface area contributed by atoms with Crippen molar-refractivity contribution < 1.29 is 5.11 Å². The predicted molar refractivity (Wildman–Crippen MR) is 59.2 cm³/mol. The lowest BCUT2D eigenvalue weighted by Gasteiger charge is -2.10. The Morgan fingerprint density at radius 3 is 2.50 bits per heavy atom. The van der Waals surface area contributed by atoms with Crippen molar-refractivity contribution in [2.24, 2.45) is 0 Å². The van der Waals surface area contributed by atoms with Gasteiger partial charge in [-0.05, 0) is 24.5 Å². The summed E-state index contributed by atoms with van der Waals surface area (Å²) in [4.78, 5) is 0. The molecule has 2 heteroatoms. The van der Waals surface area contributed by atoms with Gasteiger partial charge in [0.2, 0.25) is 0 Å². The highest BCUT2D eigenvalue weighted by Crippen LogP contribution is 2.08. The molecule has 0 aliphatic heterocycles. The van der Waals surface area contributed by atoms with Crippen LogP contribution in [0.25, 0.3) is 0 Å². The Morgan fingerprint density at radius 2 is 1.93 bits per heavy atom. The second-order valence-electron chi connectivity index (χ2n) is 3.60. The summed E-state index contributed by atoms with van der Waals surface area (Å²) in [6, 6.07) is 8.41. The van der Waals surface area contributed by atoms with Crippen LogP contribution in [-0.4, -0.2) is 17.8 Å². The molecule has 1 atom stereocenters. The van der Waals surface area contributed by atoms with E-state index in [0.717, 1.165) is 13.0 Å². The van der Waals surface area contributed by atoms with E-state index in [1.54, 1.807) is 6.92 Å². The molecule has 0 fully saturated rings. The minimum Gasteiger partial charge on any atom is -0.392 e. The summed E-state index contributed by atoms with van der Waals surface area (Å²) >= 11 is 0. The van der Waals surface area contributed by atoms with Crippen molar-refractivity contribution in [3.8, 4) is 0 Å². The number of aliphatic hydroxyl groups excluding tert-OH is 1. The molecule has 2 nitrogen and oxygen atoms in total. The Balaban J connectivity index is 2.49. The minimum atomic E-state index is -0.274. The zero-order valence-corrected chi connectivity index (χ0v) is 8.96. The Kier molecular flexibility index (Phi) is 4.63. The molecule has 0 radical (unpaired) electrons. The average Bonchev–Trinajstić information content (AvgIpc) is 2.18. The van der Waals surface area contributed by atoms with Gasteiger partial charge in [-0.3, -0.25) is 0 Å². The Bertz CT molecular complexity index is 271. The van der Waals surface area contributed by atoms with Crippen molar-refractivity contribution in [2.75, 3.05) is 6.54 Å². The molecule has 0 bridgehead atoms. The Hall–Kier alpha value is -0.860. The van der Waals surface area contributed by atoms with Crippen LogP contribution < -0.4 is 5.32 Å². The summed E-state index contributed by atoms with van der Waals surface area (Å²) < 4.78 is 0. The lowest BCUT2D eigenvalue weighted by molar-refractivity contribution is 0.191. The van der Waals surface area contributed by atoms with Crippen LogP contribution in [0.3, 0.4) is 0 Å². The summed E-state index contributed by atoms with van der Waals surface area (Å²) in [6.07, 6.45) is 0.788. The molecule has 0 spiro atoms. The van der Waals surface area contributed by atoms with Crippen molar-refractivity contribution in [1.82, 2.24) is 5.32 Å². The van der Waals surface area contributed by atoms with Gasteiger partial charge in [-0.1, -0.05) is 31.2 Å². The van der Waals surface area contributed by atoms with Crippen LogP contribution >= 0.6 is 0 Å². The fourth-order valence-electron chi connectivity index (χ4n) is 1.49. The first kappa shape index (κ1) is 11.2.